The summed E-state index contributed by atoms with van der Waals surface area (Å²) in [5.74, 6) is 1.14. The molecule has 1 aliphatic carbocycles. The van der Waals surface area contributed by atoms with Crippen LogP contribution in [-0.4, -0.2) is 48.3 Å². The van der Waals surface area contributed by atoms with E-state index in [-0.39, 0.29) is 11.8 Å². The monoisotopic (exact) mass is 269 g/mol. The third-order valence-electron chi connectivity index (χ3n) is 4.70. The molecule has 0 spiro atoms. The van der Waals surface area contributed by atoms with Gasteiger partial charge < -0.3 is 14.7 Å². The third-order valence-corrected chi connectivity index (χ3v) is 4.70. The Morgan fingerprint density at radius 3 is 2.42 bits per heavy atom. The van der Waals surface area contributed by atoms with Gasteiger partial charge in [-0.2, -0.15) is 0 Å². The van der Waals surface area contributed by atoms with E-state index in [1.165, 1.54) is 0 Å². The van der Waals surface area contributed by atoms with Crippen LogP contribution in [0, 0.1) is 11.8 Å². The second-order valence-corrected chi connectivity index (χ2v) is 6.49. The SMILES string of the molecule is CC1CCC(C(=O)N(C)CC2(O)CCOCC2)CC1. The first-order valence-corrected chi connectivity index (χ1v) is 7.55. The van der Waals surface area contributed by atoms with Crippen molar-refractivity contribution >= 4 is 5.91 Å². The van der Waals surface area contributed by atoms with Crippen LogP contribution in [0.5, 0.6) is 0 Å². The van der Waals surface area contributed by atoms with Crippen LogP contribution in [0.2, 0.25) is 0 Å². The van der Waals surface area contributed by atoms with Crippen LogP contribution in [0.3, 0.4) is 0 Å². The lowest BCUT2D eigenvalue weighted by molar-refractivity contribution is -0.142. The first kappa shape index (κ1) is 14.8. The Kier molecular flexibility index (Phi) is 4.85. The first-order valence-electron chi connectivity index (χ1n) is 7.55. The second kappa shape index (κ2) is 6.23. The molecule has 1 saturated heterocycles. The van der Waals surface area contributed by atoms with Crippen LogP contribution in [0.1, 0.15) is 45.4 Å². The molecule has 1 saturated carbocycles. The van der Waals surface area contributed by atoms with Crippen molar-refractivity contribution in [2.24, 2.45) is 11.8 Å². The van der Waals surface area contributed by atoms with Crippen molar-refractivity contribution in [3.63, 3.8) is 0 Å². The van der Waals surface area contributed by atoms with Gasteiger partial charge in [0.05, 0.1) is 5.60 Å². The Morgan fingerprint density at radius 2 is 1.84 bits per heavy atom. The molecule has 0 aromatic carbocycles. The van der Waals surface area contributed by atoms with E-state index in [2.05, 4.69) is 6.92 Å². The fraction of sp³-hybridized carbons (Fsp3) is 0.933. The predicted molar refractivity (Wildman–Crippen MR) is 73.8 cm³/mol. The highest BCUT2D eigenvalue weighted by atomic mass is 16.5. The van der Waals surface area contributed by atoms with E-state index < -0.39 is 5.60 Å². The zero-order valence-electron chi connectivity index (χ0n) is 12.2. The smallest absolute Gasteiger partial charge is 0.225 e. The van der Waals surface area contributed by atoms with E-state index in [9.17, 15) is 9.90 Å². The Balaban J connectivity index is 1.84. The van der Waals surface area contributed by atoms with E-state index in [1.807, 2.05) is 7.05 Å². The van der Waals surface area contributed by atoms with Crippen LogP contribution in [0.15, 0.2) is 0 Å². The Morgan fingerprint density at radius 1 is 1.26 bits per heavy atom. The molecule has 4 heteroatoms. The van der Waals surface area contributed by atoms with Crippen molar-refractivity contribution in [1.29, 1.82) is 0 Å². The van der Waals surface area contributed by atoms with Gasteiger partial charge in [-0.25, -0.2) is 0 Å². The van der Waals surface area contributed by atoms with Crippen LogP contribution in [0.25, 0.3) is 0 Å². The quantitative estimate of drug-likeness (QED) is 0.850. The molecule has 2 aliphatic rings. The molecule has 1 N–H and O–H groups in total. The summed E-state index contributed by atoms with van der Waals surface area (Å²) in [5.41, 5.74) is -0.745. The zero-order chi connectivity index (χ0) is 13.9. The Hall–Kier alpha value is -0.610. The number of carbonyl (C=O) groups excluding carboxylic acids is 1. The minimum Gasteiger partial charge on any atom is -0.388 e. The van der Waals surface area contributed by atoms with Gasteiger partial charge >= 0.3 is 0 Å². The fourth-order valence-electron chi connectivity index (χ4n) is 3.25. The zero-order valence-corrected chi connectivity index (χ0v) is 12.2. The molecule has 0 atom stereocenters. The highest BCUT2D eigenvalue weighted by Gasteiger charge is 2.34. The first-order chi connectivity index (χ1) is 9.00. The molecular weight excluding hydrogens is 242 g/mol. The molecule has 0 bridgehead atoms. The topological polar surface area (TPSA) is 49.8 Å². The van der Waals surface area contributed by atoms with Gasteiger partial charge in [0.15, 0.2) is 0 Å². The van der Waals surface area contributed by atoms with Crippen LogP contribution in [-0.2, 0) is 9.53 Å². The lowest BCUT2D eigenvalue weighted by atomic mass is 9.82. The standard InChI is InChI=1S/C15H27NO3/c1-12-3-5-13(6-4-12)14(17)16(2)11-15(18)7-9-19-10-8-15/h12-13,18H,3-11H2,1-2H3. The maximum absolute atomic E-state index is 12.4. The molecule has 1 heterocycles. The van der Waals surface area contributed by atoms with Gasteiger partial charge in [0.25, 0.3) is 0 Å². The Labute approximate surface area is 116 Å². The highest BCUT2D eigenvalue weighted by molar-refractivity contribution is 5.78. The Bertz CT molecular complexity index is 305. The molecule has 0 aromatic rings. The average molecular weight is 269 g/mol. The molecule has 0 radical (unpaired) electrons. The van der Waals surface area contributed by atoms with Gasteiger partial charge in [-0.05, 0) is 31.6 Å². The van der Waals surface area contributed by atoms with Crippen molar-refractivity contribution in [3.8, 4) is 0 Å². The lowest BCUT2D eigenvalue weighted by Crippen LogP contribution is -2.48. The predicted octanol–water partition coefficient (Wildman–Crippen LogP) is 1.81. The number of hydrogen-bond acceptors (Lipinski definition) is 3. The second-order valence-electron chi connectivity index (χ2n) is 6.49. The molecule has 1 aliphatic heterocycles. The van der Waals surface area contributed by atoms with Crippen molar-refractivity contribution in [2.45, 2.75) is 51.0 Å². The average Bonchev–Trinajstić information content (AvgIpc) is 2.39. The molecular formula is C15H27NO3. The summed E-state index contributed by atoms with van der Waals surface area (Å²) in [6.45, 7) is 3.90. The number of hydrogen-bond donors (Lipinski definition) is 1. The van der Waals surface area contributed by atoms with Gasteiger partial charge in [0.1, 0.15) is 0 Å². The van der Waals surface area contributed by atoms with Crippen molar-refractivity contribution in [3.05, 3.63) is 0 Å². The van der Waals surface area contributed by atoms with Gasteiger partial charge in [-0.15, -0.1) is 0 Å². The summed E-state index contributed by atoms with van der Waals surface area (Å²) in [6.07, 6.45) is 5.58. The van der Waals surface area contributed by atoms with Gasteiger partial charge in [-0.1, -0.05) is 6.92 Å². The molecule has 19 heavy (non-hydrogen) atoms. The number of nitrogens with zero attached hydrogens (tertiary/aromatic N) is 1. The van der Waals surface area contributed by atoms with E-state index in [0.29, 0.717) is 32.6 Å². The maximum atomic E-state index is 12.4. The van der Waals surface area contributed by atoms with Crippen molar-refractivity contribution < 1.29 is 14.6 Å². The van der Waals surface area contributed by atoms with Crippen LogP contribution < -0.4 is 0 Å². The summed E-state index contributed by atoms with van der Waals surface area (Å²) >= 11 is 0. The number of amides is 1. The highest BCUT2D eigenvalue weighted by Crippen LogP contribution is 2.30. The van der Waals surface area contributed by atoms with E-state index in [1.54, 1.807) is 4.90 Å². The van der Waals surface area contributed by atoms with Crippen LogP contribution in [0.4, 0.5) is 0 Å². The van der Waals surface area contributed by atoms with E-state index in [4.69, 9.17) is 4.74 Å². The number of ether oxygens (including phenoxy) is 1. The summed E-state index contributed by atoms with van der Waals surface area (Å²) in [5, 5.41) is 10.5. The van der Waals surface area contributed by atoms with Crippen LogP contribution >= 0.6 is 0 Å². The minimum atomic E-state index is -0.745. The number of carbonyl (C=O) groups is 1. The largest absolute Gasteiger partial charge is 0.388 e. The number of rotatable bonds is 3. The molecule has 2 fully saturated rings. The summed E-state index contributed by atoms with van der Waals surface area (Å²) in [7, 11) is 1.83. The lowest BCUT2D eigenvalue weighted by Gasteiger charge is -2.37. The fourth-order valence-corrected chi connectivity index (χ4v) is 3.25. The summed E-state index contributed by atoms with van der Waals surface area (Å²) in [6, 6.07) is 0. The normalized spacial score (nSPS) is 30.9. The molecule has 1 amide bonds. The van der Waals surface area contributed by atoms with Gasteiger partial charge in [0.2, 0.25) is 5.91 Å². The molecule has 2 rings (SSSR count). The van der Waals surface area contributed by atoms with Gasteiger partial charge in [-0.3, -0.25) is 4.79 Å². The minimum absolute atomic E-state index is 0.171. The van der Waals surface area contributed by atoms with Crippen molar-refractivity contribution in [1.82, 2.24) is 4.90 Å². The summed E-state index contributed by atoms with van der Waals surface area (Å²) < 4.78 is 5.27. The van der Waals surface area contributed by atoms with E-state index in [0.717, 1.165) is 31.6 Å². The number of likely N-dealkylation sites (N-methyl/N-ethyl adjacent to an activating group) is 1. The molecule has 0 unspecified atom stereocenters. The molecule has 4 nitrogen and oxygen atoms in total. The maximum Gasteiger partial charge on any atom is 0.225 e. The molecule has 0 aromatic heterocycles. The number of aliphatic hydroxyl groups is 1. The summed E-state index contributed by atoms with van der Waals surface area (Å²) in [4.78, 5) is 14.1. The van der Waals surface area contributed by atoms with E-state index >= 15 is 0 Å². The van der Waals surface area contributed by atoms with Crippen molar-refractivity contribution in [2.75, 3.05) is 26.8 Å². The molecule has 110 valence electrons. The van der Waals surface area contributed by atoms with Gasteiger partial charge in [0, 0.05) is 45.6 Å². The third kappa shape index (κ3) is 3.93.